The minimum Gasteiger partial charge on any atom is -0.466 e. The standard InChI is InChI=1S/C20H22N2O3/c1-2-25-20(23)18-14-22(21-24)19(16-11-7-4-8-12-16)13-17(18)15-9-5-3-6-10-15/h3-12,17-19H,2,13-14H2,1H3/t17-,18-,19+/m1/s1. The van der Waals surface area contributed by atoms with Crippen molar-refractivity contribution in [1.82, 2.24) is 5.01 Å². The summed E-state index contributed by atoms with van der Waals surface area (Å²) in [6, 6.07) is 19.7. The molecule has 0 bridgehead atoms. The lowest BCUT2D eigenvalue weighted by atomic mass is 9.76. The van der Waals surface area contributed by atoms with Gasteiger partial charge in [-0.25, -0.2) is 0 Å². The average Bonchev–Trinajstić information content (AvgIpc) is 2.68. The molecule has 0 radical (unpaired) electrons. The van der Waals surface area contributed by atoms with Crippen molar-refractivity contribution < 1.29 is 9.53 Å². The highest BCUT2D eigenvalue weighted by atomic mass is 16.5. The molecule has 0 aromatic heterocycles. The summed E-state index contributed by atoms with van der Waals surface area (Å²) >= 11 is 0. The van der Waals surface area contributed by atoms with E-state index < -0.39 is 5.92 Å². The van der Waals surface area contributed by atoms with Crippen LogP contribution in [0.15, 0.2) is 65.9 Å². The first-order chi connectivity index (χ1) is 12.2. The smallest absolute Gasteiger partial charge is 0.311 e. The molecule has 3 rings (SSSR count). The first kappa shape index (κ1) is 17.1. The van der Waals surface area contributed by atoms with Gasteiger partial charge in [0.05, 0.1) is 30.4 Å². The van der Waals surface area contributed by atoms with Crippen LogP contribution >= 0.6 is 0 Å². The highest BCUT2D eigenvalue weighted by Gasteiger charge is 2.41. The molecule has 25 heavy (non-hydrogen) atoms. The van der Waals surface area contributed by atoms with Crippen LogP contribution in [0, 0.1) is 10.8 Å². The second-order valence-electron chi connectivity index (χ2n) is 6.24. The van der Waals surface area contributed by atoms with Crippen molar-refractivity contribution in [3.05, 3.63) is 76.7 Å². The quantitative estimate of drug-likeness (QED) is 0.609. The lowest BCUT2D eigenvalue weighted by Crippen LogP contribution is -2.42. The van der Waals surface area contributed by atoms with E-state index in [1.54, 1.807) is 6.92 Å². The van der Waals surface area contributed by atoms with Crippen LogP contribution in [0.3, 0.4) is 0 Å². The second-order valence-corrected chi connectivity index (χ2v) is 6.24. The zero-order valence-electron chi connectivity index (χ0n) is 14.2. The monoisotopic (exact) mass is 338 g/mol. The van der Waals surface area contributed by atoms with E-state index in [0.29, 0.717) is 13.0 Å². The van der Waals surface area contributed by atoms with E-state index in [9.17, 15) is 9.70 Å². The average molecular weight is 338 g/mol. The molecular formula is C20H22N2O3. The van der Waals surface area contributed by atoms with Gasteiger partial charge in [0.1, 0.15) is 0 Å². The van der Waals surface area contributed by atoms with Gasteiger partial charge in [0, 0.05) is 5.92 Å². The molecule has 3 atom stereocenters. The Kier molecular flexibility index (Phi) is 5.43. The molecular weight excluding hydrogens is 316 g/mol. The Bertz CT molecular complexity index is 705. The fourth-order valence-electron chi connectivity index (χ4n) is 3.61. The van der Waals surface area contributed by atoms with Crippen molar-refractivity contribution in [1.29, 1.82) is 0 Å². The third-order valence-corrected chi connectivity index (χ3v) is 4.81. The van der Waals surface area contributed by atoms with Crippen LogP contribution in [0.1, 0.15) is 36.4 Å². The van der Waals surface area contributed by atoms with E-state index >= 15 is 0 Å². The number of hydrogen-bond acceptors (Lipinski definition) is 4. The molecule has 5 nitrogen and oxygen atoms in total. The van der Waals surface area contributed by atoms with Crippen LogP contribution in [0.25, 0.3) is 0 Å². The molecule has 2 aromatic carbocycles. The zero-order chi connectivity index (χ0) is 17.6. The number of carbonyl (C=O) groups is 1. The maximum atomic E-state index is 12.5. The molecule has 2 aromatic rings. The van der Waals surface area contributed by atoms with Crippen molar-refractivity contribution in [3.63, 3.8) is 0 Å². The molecule has 0 spiro atoms. The Balaban J connectivity index is 1.95. The van der Waals surface area contributed by atoms with E-state index in [0.717, 1.165) is 11.1 Å². The van der Waals surface area contributed by atoms with Crippen molar-refractivity contribution >= 4 is 5.97 Å². The third kappa shape index (κ3) is 3.71. The highest BCUT2D eigenvalue weighted by molar-refractivity contribution is 5.74. The summed E-state index contributed by atoms with van der Waals surface area (Å²) in [5.41, 5.74) is 2.12. The van der Waals surface area contributed by atoms with Crippen molar-refractivity contribution in [2.75, 3.05) is 13.2 Å². The summed E-state index contributed by atoms with van der Waals surface area (Å²) in [6.45, 7) is 2.38. The molecule has 130 valence electrons. The van der Waals surface area contributed by atoms with Gasteiger partial charge in [0.25, 0.3) is 0 Å². The molecule has 1 heterocycles. The Morgan fingerprint density at radius 2 is 1.68 bits per heavy atom. The summed E-state index contributed by atoms with van der Waals surface area (Å²) in [7, 11) is 0. The first-order valence-electron chi connectivity index (χ1n) is 8.61. The molecule has 1 saturated heterocycles. The predicted octanol–water partition coefficient (Wildman–Crippen LogP) is 4.08. The fraction of sp³-hybridized carbons (Fsp3) is 0.350. The molecule has 0 N–H and O–H groups in total. The van der Waals surface area contributed by atoms with Crippen LogP contribution in [0.4, 0.5) is 0 Å². The van der Waals surface area contributed by atoms with E-state index in [1.165, 1.54) is 5.01 Å². The molecule has 0 aliphatic carbocycles. The number of benzene rings is 2. The molecule has 0 amide bonds. The van der Waals surface area contributed by atoms with Gasteiger partial charge in [0.2, 0.25) is 0 Å². The van der Waals surface area contributed by atoms with Gasteiger partial charge in [-0.1, -0.05) is 60.7 Å². The topological polar surface area (TPSA) is 59.0 Å². The van der Waals surface area contributed by atoms with Crippen molar-refractivity contribution in [2.45, 2.75) is 25.3 Å². The van der Waals surface area contributed by atoms with Crippen molar-refractivity contribution in [3.8, 4) is 0 Å². The summed E-state index contributed by atoms with van der Waals surface area (Å²) in [4.78, 5) is 23.9. The van der Waals surface area contributed by atoms with E-state index in [2.05, 4.69) is 5.29 Å². The Morgan fingerprint density at radius 3 is 2.24 bits per heavy atom. The highest BCUT2D eigenvalue weighted by Crippen LogP contribution is 2.43. The number of nitroso groups, excluding NO2 is 1. The molecule has 5 heteroatoms. The number of carbonyl (C=O) groups excluding carboxylic acids is 1. The lowest BCUT2D eigenvalue weighted by Gasteiger charge is -2.40. The van der Waals surface area contributed by atoms with Gasteiger partial charge in [-0.15, -0.1) is 4.91 Å². The maximum Gasteiger partial charge on any atom is 0.311 e. The Labute approximate surface area is 147 Å². The van der Waals surface area contributed by atoms with Gasteiger partial charge in [-0.2, -0.15) is 0 Å². The molecule has 1 aliphatic rings. The number of piperidine rings is 1. The summed E-state index contributed by atoms with van der Waals surface area (Å²) < 4.78 is 5.26. The number of esters is 1. The van der Waals surface area contributed by atoms with Gasteiger partial charge in [-0.3, -0.25) is 9.80 Å². The van der Waals surface area contributed by atoms with Gasteiger partial charge >= 0.3 is 5.97 Å². The third-order valence-electron chi connectivity index (χ3n) is 4.81. The number of rotatable bonds is 5. The molecule has 0 saturated carbocycles. The van der Waals surface area contributed by atoms with Crippen LogP contribution in [-0.4, -0.2) is 24.1 Å². The van der Waals surface area contributed by atoms with Gasteiger partial charge in [0.15, 0.2) is 0 Å². The SMILES string of the molecule is CCOC(=O)[C@@H]1CN(N=O)[C@H](c2ccccc2)C[C@@H]1c1ccccc1. The minimum atomic E-state index is -0.403. The van der Waals surface area contributed by atoms with Crippen LogP contribution in [0.2, 0.25) is 0 Å². The fourth-order valence-corrected chi connectivity index (χ4v) is 3.61. The van der Waals surface area contributed by atoms with Gasteiger partial charge in [-0.05, 0) is 24.5 Å². The number of ether oxygens (including phenoxy) is 1. The largest absolute Gasteiger partial charge is 0.466 e. The minimum absolute atomic E-state index is 0.0107. The number of nitrogens with zero attached hydrogens (tertiary/aromatic N) is 2. The van der Waals surface area contributed by atoms with Crippen LogP contribution in [0.5, 0.6) is 0 Å². The van der Waals surface area contributed by atoms with E-state index in [1.807, 2.05) is 60.7 Å². The van der Waals surface area contributed by atoms with Crippen molar-refractivity contribution in [2.24, 2.45) is 11.2 Å². The molecule has 1 aliphatic heterocycles. The Morgan fingerprint density at radius 1 is 1.08 bits per heavy atom. The normalized spacial score (nSPS) is 23.1. The summed E-state index contributed by atoms with van der Waals surface area (Å²) in [5.74, 6) is -0.681. The van der Waals surface area contributed by atoms with Crippen LogP contribution < -0.4 is 0 Å². The zero-order valence-corrected chi connectivity index (χ0v) is 14.2. The van der Waals surface area contributed by atoms with E-state index in [4.69, 9.17) is 4.74 Å². The maximum absolute atomic E-state index is 12.5. The lowest BCUT2D eigenvalue weighted by molar-refractivity contribution is -0.151. The molecule has 1 fully saturated rings. The molecule has 0 unspecified atom stereocenters. The predicted molar refractivity (Wildman–Crippen MR) is 95.6 cm³/mol. The Hall–Kier alpha value is -2.69. The summed E-state index contributed by atoms with van der Waals surface area (Å²) in [5, 5.41) is 4.68. The van der Waals surface area contributed by atoms with E-state index in [-0.39, 0.29) is 24.5 Å². The number of hydrogen-bond donors (Lipinski definition) is 0. The first-order valence-corrected chi connectivity index (χ1v) is 8.61. The second kappa shape index (κ2) is 7.92. The summed E-state index contributed by atoms with van der Waals surface area (Å²) in [6.07, 6.45) is 0.642. The van der Waals surface area contributed by atoms with Crippen LogP contribution in [-0.2, 0) is 9.53 Å². The van der Waals surface area contributed by atoms with Gasteiger partial charge < -0.3 is 4.74 Å².